The van der Waals surface area contributed by atoms with Gasteiger partial charge in [0.1, 0.15) is 0 Å². The second kappa shape index (κ2) is 3.90. The summed E-state index contributed by atoms with van der Waals surface area (Å²) in [6.07, 6.45) is 1.03. The van der Waals surface area contributed by atoms with E-state index in [1.54, 1.807) is 0 Å². The summed E-state index contributed by atoms with van der Waals surface area (Å²) in [5.41, 5.74) is 0.155. The lowest BCUT2D eigenvalue weighted by molar-refractivity contribution is -0.135. The van der Waals surface area contributed by atoms with Crippen LogP contribution >= 0.6 is 0 Å². The normalized spacial score (nSPS) is 29.5. The van der Waals surface area contributed by atoms with Crippen molar-refractivity contribution in [3.63, 3.8) is 0 Å². The molecule has 15 heavy (non-hydrogen) atoms. The summed E-state index contributed by atoms with van der Waals surface area (Å²) < 4.78 is 5.13. The molecule has 0 aromatic heterocycles. The van der Waals surface area contributed by atoms with Crippen molar-refractivity contribution in [1.82, 2.24) is 10.6 Å². The van der Waals surface area contributed by atoms with Gasteiger partial charge in [0.05, 0.1) is 19.3 Å². The molecule has 84 valence electrons. The number of carbonyl (C=O) groups excluding carboxylic acids is 2. The zero-order valence-corrected chi connectivity index (χ0v) is 8.84. The smallest absolute Gasteiger partial charge is 0.243 e. The van der Waals surface area contributed by atoms with Gasteiger partial charge in [0.25, 0.3) is 0 Å². The molecule has 0 aromatic rings. The topological polar surface area (TPSA) is 67.4 Å². The summed E-state index contributed by atoms with van der Waals surface area (Å²) in [4.78, 5) is 22.3. The van der Waals surface area contributed by atoms with Crippen LogP contribution in [-0.4, -0.2) is 37.6 Å². The Labute approximate surface area is 88.5 Å². The first-order valence-electron chi connectivity index (χ1n) is 5.24. The molecule has 5 nitrogen and oxygen atoms in total. The van der Waals surface area contributed by atoms with Gasteiger partial charge in [-0.3, -0.25) is 14.9 Å². The zero-order chi connectivity index (χ0) is 10.9. The lowest BCUT2D eigenvalue weighted by atomic mass is 9.88. The Bertz CT molecular complexity index is 286. The summed E-state index contributed by atoms with van der Waals surface area (Å²) in [7, 11) is 0. The molecule has 2 rings (SSSR count). The predicted molar refractivity (Wildman–Crippen MR) is 53.1 cm³/mol. The fraction of sp³-hybridized carbons (Fsp3) is 0.800. The second-order valence-corrected chi connectivity index (χ2v) is 4.69. The molecule has 1 unspecified atom stereocenters. The lowest BCUT2D eigenvalue weighted by Gasteiger charge is -2.39. The number of imide groups is 1. The van der Waals surface area contributed by atoms with E-state index in [0.717, 1.165) is 19.8 Å². The molecular formula is C10H16N2O3. The number of hydrogen-bond donors (Lipinski definition) is 2. The van der Waals surface area contributed by atoms with Gasteiger partial charge in [-0.1, -0.05) is 6.92 Å². The largest absolute Gasteiger partial charge is 0.380 e. The first-order valence-corrected chi connectivity index (χ1v) is 5.24. The maximum Gasteiger partial charge on any atom is 0.243 e. The summed E-state index contributed by atoms with van der Waals surface area (Å²) >= 11 is 0. The molecule has 5 heteroatoms. The van der Waals surface area contributed by atoms with Crippen molar-refractivity contribution in [3.8, 4) is 0 Å². The number of hydrogen-bond acceptors (Lipinski definition) is 4. The third kappa shape index (κ3) is 2.35. The molecule has 0 spiro atoms. The van der Waals surface area contributed by atoms with Crippen LogP contribution in [0, 0.1) is 5.41 Å². The Kier molecular flexibility index (Phi) is 2.75. The highest BCUT2D eigenvalue weighted by Gasteiger charge is 2.35. The van der Waals surface area contributed by atoms with Gasteiger partial charge in [-0.25, -0.2) is 0 Å². The van der Waals surface area contributed by atoms with Crippen molar-refractivity contribution >= 4 is 11.8 Å². The van der Waals surface area contributed by atoms with Gasteiger partial charge >= 0.3 is 0 Å². The molecule has 2 N–H and O–H groups in total. The Hall–Kier alpha value is -0.940. The monoisotopic (exact) mass is 212 g/mol. The summed E-state index contributed by atoms with van der Waals surface area (Å²) in [6.45, 7) is 4.37. The van der Waals surface area contributed by atoms with E-state index in [1.165, 1.54) is 0 Å². The molecule has 1 atom stereocenters. The van der Waals surface area contributed by atoms with Crippen molar-refractivity contribution in [2.75, 3.05) is 19.8 Å². The third-order valence-electron chi connectivity index (χ3n) is 2.92. The lowest BCUT2D eigenvalue weighted by Crippen LogP contribution is -2.55. The summed E-state index contributed by atoms with van der Waals surface area (Å²) in [5.74, 6) is -0.369. The number of piperidine rings is 1. The van der Waals surface area contributed by atoms with E-state index in [0.29, 0.717) is 12.8 Å². The molecule has 0 bridgehead atoms. The average Bonchev–Trinajstić information content (AvgIpc) is 2.14. The standard InChI is InChI=1S/C10H16N2O3/c1-10(5-15-6-10)4-11-7-2-3-8(13)12-9(7)14/h7,11H,2-6H2,1H3,(H,12,13,14). The van der Waals surface area contributed by atoms with Gasteiger partial charge in [-0.05, 0) is 6.42 Å². The second-order valence-electron chi connectivity index (χ2n) is 4.69. The fourth-order valence-corrected chi connectivity index (χ4v) is 1.81. The molecule has 2 fully saturated rings. The van der Waals surface area contributed by atoms with Gasteiger partial charge in [0.2, 0.25) is 11.8 Å². The minimum absolute atomic E-state index is 0.155. The SMILES string of the molecule is CC1(CNC2CCC(=O)NC2=O)COC1. The van der Waals surface area contributed by atoms with Crippen molar-refractivity contribution in [3.05, 3.63) is 0 Å². The van der Waals surface area contributed by atoms with Gasteiger partial charge in [0, 0.05) is 18.4 Å². The van der Waals surface area contributed by atoms with E-state index in [9.17, 15) is 9.59 Å². The third-order valence-corrected chi connectivity index (χ3v) is 2.92. The van der Waals surface area contributed by atoms with Crippen LogP contribution in [0.15, 0.2) is 0 Å². The molecule has 2 aliphatic heterocycles. The fourth-order valence-electron chi connectivity index (χ4n) is 1.81. The molecule has 2 heterocycles. The number of nitrogens with one attached hydrogen (secondary N) is 2. The first kappa shape index (κ1) is 10.6. The predicted octanol–water partition coefficient (Wildman–Crippen LogP) is -0.582. The first-order chi connectivity index (χ1) is 7.09. The number of carbonyl (C=O) groups is 2. The quantitative estimate of drug-likeness (QED) is 0.614. The average molecular weight is 212 g/mol. The number of ether oxygens (including phenoxy) is 1. The highest BCUT2D eigenvalue weighted by molar-refractivity contribution is 6.00. The van der Waals surface area contributed by atoms with Crippen LogP contribution in [0.1, 0.15) is 19.8 Å². The van der Waals surface area contributed by atoms with Crippen molar-refractivity contribution in [2.45, 2.75) is 25.8 Å². The van der Waals surface area contributed by atoms with Crippen LogP contribution in [-0.2, 0) is 14.3 Å². The van der Waals surface area contributed by atoms with Gasteiger partial charge < -0.3 is 10.1 Å². The molecule has 2 amide bonds. The van der Waals surface area contributed by atoms with E-state index in [-0.39, 0.29) is 23.3 Å². The summed E-state index contributed by atoms with van der Waals surface area (Å²) in [6, 6.07) is -0.222. The van der Waals surface area contributed by atoms with Gasteiger partial charge in [-0.15, -0.1) is 0 Å². The zero-order valence-electron chi connectivity index (χ0n) is 8.84. The number of amides is 2. The van der Waals surface area contributed by atoms with Crippen LogP contribution in [0.4, 0.5) is 0 Å². The van der Waals surface area contributed by atoms with Crippen LogP contribution in [0.5, 0.6) is 0 Å². The van der Waals surface area contributed by atoms with E-state index < -0.39 is 0 Å². The van der Waals surface area contributed by atoms with Crippen molar-refractivity contribution < 1.29 is 14.3 Å². The van der Waals surface area contributed by atoms with Gasteiger partial charge in [0.15, 0.2) is 0 Å². The molecule has 0 saturated carbocycles. The van der Waals surface area contributed by atoms with E-state index >= 15 is 0 Å². The van der Waals surface area contributed by atoms with Crippen molar-refractivity contribution in [1.29, 1.82) is 0 Å². The van der Waals surface area contributed by atoms with Crippen molar-refractivity contribution in [2.24, 2.45) is 5.41 Å². The molecule has 2 saturated heterocycles. The maximum absolute atomic E-state index is 11.4. The molecule has 0 radical (unpaired) electrons. The maximum atomic E-state index is 11.4. The minimum atomic E-state index is -0.222. The highest BCUT2D eigenvalue weighted by atomic mass is 16.5. The van der Waals surface area contributed by atoms with Crippen LogP contribution in [0.25, 0.3) is 0 Å². The van der Waals surface area contributed by atoms with Crippen LogP contribution in [0.3, 0.4) is 0 Å². The Balaban J connectivity index is 1.79. The van der Waals surface area contributed by atoms with Crippen LogP contribution < -0.4 is 10.6 Å². The van der Waals surface area contributed by atoms with Gasteiger partial charge in [-0.2, -0.15) is 0 Å². The highest BCUT2D eigenvalue weighted by Crippen LogP contribution is 2.25. The van der Waals surface area contributed by atoms with E-state index in [2.05, 4.69) is 17.6 Å². The van der Waals surface area contributed by atoms with Crippen LogP contribution in [0.2, 0.25) is 0 Å². The minimum Gasteiger partial charge on any atom is -0.380 e. The number of rotatable bonds is 3. The Morgan fingerprint density at radius 2 is 2.27 bits per heavy atom. The Morgan fingerprint density at radius 1 is 1.53 bits per heavy atom. The van der Waals surface area contributed by atoms with E-state index in [4.69, 9.17) is 4.74 Å². The summed E-state index contributed by atoms with van der Waals surface area (Å²) in [5, 5.41) is 5.52. The molecule has 0 aliphatic carbocycles. The van der Waals surface area contributed by atoms with E-state index in [1.807, 2.05) is 0 Å². The molecular weight excluding hydrogens is 196 g/mol. The Morgan fingerprint density at radius 3 is 2.80 bits per heavy atom. The molecule has 0 aromatic carbocycles. The molecule has 2 aliphatic rings.